The third kappa shape index (κ3) is 8.15. The van der Waals surface area contributed by atoms with Crippen LogP contribution in [-0.2, 0) is 13.0 Å². The molecule has 2 amide bonds. The Morgan fingerprint density at radius 3 is 2.62 bits per heavy atom. The van der Waals surface area contributed by atoms with Gasteiger partial charge in [-0.3, -0.25) is 9.59 Å². The van der Waals surface area contributed by atoms with Crippen molar-refractivity contribution in [2.24, 2.45) is 0 Å². The van der Waals surface area contributed by atoms with Gasteiger partial charge in [0.2, 0.25) is 0 Å². The minimum atomic E-state index is -0.225. The zero-order chi connectivity index (χ0) is 32.1. The summed E-state index contributed by atoms with van der Waals surface area (Å²) in [5.41, 5.74) is 5.35. The number of benzene rings is 3. The fraction of sp³-hybridized carbons (Fsp3) is 0.343. The highest BCUT2D eigenvalue weighted by molar-refractivity contribution is 7.09. The van der Waals surface area contributed by atoms with Crippen LogP contribution < -0.4 is 15.5 Å². The summed E-state index contributed by atoms with van der Waals surface area (Å²) >= 11 is 7.66. The lowest BCUT2D eigenvalue weighted by Crippen LogP contribution is -2.34. The number of nitrogens with zero attached hydrogens (tertiary/aromatic N) is 3. The number of phenols is 1. The van der Waals surface area contributed by atoms with Gasteiger partial charge in [-0.15, -0.1) is 11.3 Å². The topological polar surface area (TPSA) is 97.8 Å². The van der Waals surface area contributed by atoms with Gasteiger partial charge in [0.05, 0.1) is 11.7 Å². The summed E-state index contributed by atoms with van der Waals surface area (Å²) in [5, 5.41) is 20.6. The number of nitrogens with one attached hydrogen (secondary N) is 2. The van der Waals surface area contributed by atoms with Crippen LogP contribution in [-0.4, -0.2) is 53.5 Å². The van der Waals surface area contributed by atoms with E-state index in [1.54, 1.807) is 23.5 Å². The number of likely N-dealkylation sites (tertiary alicyclic amines) is 1. The van der Waals surface area contributed by atoms with Gasteiger partial charge >= 0.3 is 0 Å². The van der Waals surface area contributed by atoms with Crippen molar-refractivity contribution in [2.45, 2.75) is 58.2 Å². The van der Waals surface area contributed by atoms with Crippen molar-refractivity contribution < 1.29 is 14.7 Å². The first kappa shape index (κ1) is 32.3. The monoisotopic (exact) mass is 645 g/mol. The Bertz CT molecular complexity index is 1670. The number of aromatic hydroxyl groups is 1. The van der Waals surface area contributed by atoms with Crippen molar-refractivity contribution in [3.63, 3.8) is 0 Å². The molecule has 10 heteroatoms. The Balaban J connectivity index is 1.21. The Labute approximate surface area is 274 Å². The summed E-state index contributed by atoms with van der Waals surface area (Å²) < 4.78 is 0. The number of rotatable bonds is 11. The molecule has 0 unspecified atom stereocenters. The van der Waals surface area contributed by atoms with Crippen molar-refractivity contribution in [1.82, 2.24) is 15.2 Å². The molecule has 1 aliphatic heterocycles. The minimum absolute atomic E-state index is 0.0382. The molecule has 2 atom stereocenters. The van der Waals surface area contributed by atoms with Crippen LogP contribution in [0, 0.1) is 6.92 Å². The highest BCUT2D eigenvalue weighted by Crippen LogP contribution is 2.35. The second-order valence-corrected chi connectivity index (χ2v) is 13.2. The molecule has 2 heterocycles. The molecule has 1 aliphatic rings. The maximum Gasteiger partial charge on any atom is 0.254 e. The van der Waals surface area contributed by atoms with Gasteiger partial charge in [-0.05, 0) is 93.1 Å². The standard InChI is InChI=1S/C35H40ClN5O3S/c1-22(10-11-24-12-13-30(32(42)16-24)37-20-25-7-5-8-28(36)15-25)38-33(43)26-17-27(19-29(18-26)40(3)4)35(44)41-14-6-9-31(41)34-39-23(2)21-45-34/h5,7-8,12-13,15-19,21-22,31,37,42H,6,9-11,14,20H2,1-4H3,(H,38,43)/t22-,31+/m0/s1. The van der Waals surface area contributed by atoms with Crippen LogP contribution in [0.2, 0.25) is 5.02 Å². The van der Waals surface area contributed by atoms with E-state index in [9.17, 15) is 14.7 Å². The molecule has 0 aliphatic carbocycles. The minimum Gasteiger partial charge on any atom is -0.506 e. The summed E-state index contributed by atoms with van der Waals surface area (Å²) in [6, 6.07) is 18.4. The predicted molar refractivity (Wildman–Crippen MR) is 183 cm³/mol. The second kappa shape index (κ2) is 14.3. The van der Waals surface area contributed by atoms with E-state index in [0.717, 1.165) is 40.4 Å². The number of amides is 2. The molecule has 4 aromatic rings. The molecule has 5 rings (SSSR count). The molecule has 3 N–H and O–H groups in total. The lowest BCUT2D eigenvalue weighted by atomic mass is 10.0. The average Bonchev–Trinajstić information content (AvgIpc) is 3.68. The normalized spacial score (nSPS) is 15.1. The number of hydrogen-bond donors (Lipinski definition) is 3. The lowest BCUT2D eigenvalue weighted by molar-refractivity contribution is 0.0735. The number of halogens is 1. The van der Waals surface area contributed by atoms with Crippen LogP contribution in [0.3, 0.4) is 0 Å². The SMILES string of the molecule is Cc1csc([C@H]2CCCN2C(=O)c2cc(C(=O)N[C@@H](C)CCc3ccc(NCc4cccc(Cl)c4)c(O)c3)cc(N(C)C)c2)n1. The van der Waals surface area contributed by atoms with Gasteiger partial charge < -0.3 is 25.5 Å². The van der Waals surface area contributed by atoms with Crippen LogP contribution in [0.5, 0.6) is 5.75 Å². The number of carbonyl (C=O) groups is 2. The third-order valence-electron chi connectivity index (χ3n) is 8.06. The molecule has 1 aromatic heterocycles. The molecule has 8 nitrogen and oxygen atoms in total. The van der Waals surface area contributed by atoms with Crippen LogP contribution in [0.15, 0.2) is 66.0 Å². The molecule has 1 fully saturated rings. The van der Waals surface area contributed by atoms with E-state index in [-0.39, 0.29) is 29.6 Å². The van der Waals surface area contributed by atoms with Crippen LogP contribution in [0.1, 0.15) is 74.8 Å². The molecule has 0 radical (unpaired) electrons. The number of aryl methyl sites for hydroxylation is 2. The van der Waals surface area contributed by atoms with Gasteiger partial charge in [0.25, 0.3) is 11.8 Å². The Morgan fingerprint density at radius 2 is 1.91 bits per heavy atom. The molecule has 45 heavy (non-hydrogen) atoms. The van der Waals surface area contributed by atoms with E-state index >= 15 is 0 Å². The highest BCUT2D eigenvalue weighted by Gasteiger charge is 2.33. The molecule has 0 bridgehead atoms. The first-order valence-electron chi connectivity index (χ1n) is 15.2. The van der Waals surface area contributed by atoms with E-state index in [2.05, 4.69) is 15.6 Å². The highest BCUT2D eigenvalue weighted by atomic mass is 35.5. The van der Waals surface area contributed by atoms with E-state index in [0.29, 0.717) is 47.8 Å². The predicted octanol–water partition coefficient (Wildman–Crippen LogP) is 7.22. The summed E-state index contributed by atoms with van der Waals surface area (Å²) in [6.45, 7) is 5.14. The average molecular weight is 646 g/mol. The maximum atomic E-state index is 13.8. The molecule has 0 saturated carbocycles. The van der Waals surface area contributed by atoms with Crippen molar-refractivity contribution >= 4 is 46.1 Å². The number of carbonyl (C=O) groups excluding carboxylic acids is 2. The Kier molecular flexibility index (Phi) is 10.3. The van der Waals surface area contributed by atoms with Gasteiger partial charge in [-0.1, -0.05) is 29.8 Å². The fourth-order valence-corrected chi connectivity index (χ4v) is 6.73. The number of hydrogen-bond acceptors (Lipinski definition) is 7. The summed E-state index contributed by atoms with van der Waals surface area (Å²) in [5.74, 6) is -0.132. The van der Waals surface area contributed by atoms with Crippen molar-refractivity contribution in [3.05, 3.63) is 104 Å². The van der Waals surface area contributed by atoms with E-state index in [4.69, 9.17) is 11.6 Å². The molecule has 1 saturated heterocycles. The number of phenolic OH excluding ortho intramolecular Hbond substituents is 1. The second-order valence-electron chi connectivity index (χ2n) is 11.9. The smallest absolute Gasteiger partial charge is 0.254 e. The van der Waals surface area contributed by atoms with E-state index < -0.39 is 0 Å². The molecular formula is C35H40ClN5O3S. The summed E-state index contributed by atoms with van der Waals surface area (Å²) in [4.78, 5) is 35.6. The number of thiazole rings is 1. The van der Waals surface area contributed by atoms with E-state index in [1.807, 2.05) is 91.7 Å². The Hall–Kier alpha value is -4.08. The third-order valence-corrected chi connectivity index (χ3v) is 9.36. The van der Waals surface area contributed by atoms with Crippen LogP contribution in [0.4, 0.5) is 11.4 Å². The number of aromatic nitrogens is 1. The fourth-order valence-electron chi connectivity index (χ4n) is 5.57. The van der Waals surface area contributed by atoms with Crippen molar-refractivity contribution in [3.8, 4) is 5.75 Å². The number of anilines is 2. The van der Waals surface area contributed by atoms with Gasteiger partial charge in [-0.2, -0.15) is 0 Å². The Morgan fingerprint density at radius 1 is 1.11 bits per heavy atom. The van der Waals surface area contributed by atoms with Crippen LogP contribution >= 0.6 is 22.9 Å². The van der Waals surface area contributed by atoms with Gasteiger partial charge in [0, 0.05) is 66.1 Å². The first-order chi connectivity index (χ1) is 21.6. The molecular weight excluding hydrogens is 606 g/mol. The van der Waals surface area contributed by atoms with Crippen molar-refractivity contribution in [1.29, 1.82) is 0 Å². The van der Waals surface area contributed by atoms with Gasteiger partial charge in [0.15, 0.2) is 0 Å². The first-order valence-corrected chi connectivity index (χ1v) is 16.5. The zero-order valence-corrected chi connectivity index (χ0v) is 27.7. The largest absolute Gasteiger partial charge is 0.506 e. The van der Waals surface area contributed by atoms with Crippen LogP contribution in [0.25, 0.3) is 0 Å². The van der Waals surface area contributed by atoms with Gasteiger partial charge in [-0.25, -0.2) is 4.98 Å². The quantitative estimate of drug-likeness (QED) is 0.149. The van der Waals surface area contributed by atoms with Gasteiger partial charge in [0.1, 0.15) is 10.8 Å². The summed E-state index contributed by atoms with van der Waals surface area (Å²) in [6.07, 6.45) is 3.17. The summed E-state index contributed by atoms with van der Waals surface area (Å²) in [7, 11) is 3.80. The molecule has 236 valence electrons. The molecule has 0 spiro atoms. The maximum absolute atomic E-state index is 13.8. The van der Waals surface area contributed by atoms with Crippen molar-refractivity contribution in [2.75, 3.05) is 30.9 Å². The lowest BCUT2D eigenvalue weighted by Gasteiger charge is -2.24. The van der Waals surface area contributed by atoms with E-state index in [1.165, 1.54) is 0 Å². The zero-order valence-electron chi connectivity index (χ0n) is 26.1. The molecule has 3 aromatic carbocycles.